The van der Waals surface area contributed by atoms with E-state index in [-0.39, 0.29) is 0 Å². The van der Waals surface area contributed by atoms with Gasteiger partial charge in [-0.2, -0.15) is 0 Å². The lowest BCUT2D eigenvalue weighted by molar-refractivity contribution is 0.131. The van der Waals surface area contributed by atoms with E-state index in [4.69, 9.17) is 20.1 Å². The minimum absolute atomic E-state index is 0.509. The van der Waals surface area contributed by atoms with Crippen LogP contribution in [0.5, 0.6) is 0 Å². The highest BCUT2D eigenvalue weighted by Gasteiger charge is 2.26. The third kappa shape index (κ3) is 18.3. The third-order valence-corrected chi connectivity index (χ3v) is 5.12. The van der Waals surface area contributed by atoms with Crippen LogP contribution >= 0.6 is 0 Å². The number of hydrogen-bond acceptors (Lipinski definition) is 7. The van der Waals surface area contributed by atoms with E-state index in [1.54, 1.807) is 0 Å². The van der Waals surface area contributed by atoms with Crippen molar-refractivity contribution >= 4 is 14.2 Å². The maximum absolute atomic E-state index is 8.51. The van der Waals surface area contributed by atoms with Crippen LogP contribution in [0.1, 0.15) is 40.5 Å². The summed E-state index contributed by atoms with van der Waals surface area (Å²) in [5.41, 5.74) is 0. The van der Waals surface area contributed by atoms with Gasteiger partial charge in [-0.15, -0.1) is 0 Å². The highest BCUT2D eigenvalue weighted by molar-refractivity contribution is 6.41. The fourth-order valence-corrected chi connectivity index (χ4v) is 3.45. The molecule has 29 heavy (non-hydrogen) atoms. The first-order chi connectivity index (χ1) is 13.6. The normalized spacial score (nSPS) is 19.9. The van der Waals surface area contributed by atoms with Gasteiger partial charge in [-0.3, -0.25) is 0 Å². The van der Waals surface area contributed by atoms with Gasteiger partial charge in [0.15, 0.2) is 0 Å². The monoisotopic (exact) mass is 417 g/mol. The molecule has 7 nitrogen and oxygen atoms in total. The van der Waals surface area contributed by atoms with Gasteiger partial charge >= 0.3 is 14.2 Å². The van der Waals surface area contributed by atoms with Crippen molar-refractivity contribution in [3.8, 4) is 0 Å². The van der Waals surface area contributed by atoms with Crippen LogP contribution in [-0.4, -0.2) is 109 Å². The summed E-state index contributed by atoms with van der Waals surface area (Å²) in [6, 6.07) is 0. The van der Waals surface area contributed by atoms with Gasteiger partial charge in [0.1, 0.15) is 0 Å². The summed E-state index contributed by atoms with van der Waals surface area (Å²) in [6.07, 6.45) is 3.26. The molecule has 0 unspecified atom stereocenters. The van der Waals surface area contributed by atoms with Crippen LogP contribution in [0.15, 0.2) is 0 Å². The first kappa shape index (κ1) is 31.0. The van der Waals surface area contributed by atoms with Crippen LogP contribution < -0.4 is 0 Å². The van der Waals surface area contributed by atoms with Crippen molar-refractivity contribution in [2.24, 2.45) is 17.8 Å². The molecule has 0 saturated carbocycles. The number of nitrogens with zero attached hydrogens (tertiary/aromatic N) is 3. The highest BCUT2D eigenvalue weighted by Crippen LogP contribution is 2.17. The molecule has 3 heterocycles. The predicted molar refractivity (Wildman–Crippen MR) is 126 cm³/mol. The lowest BCUT2D eigenvalue weighted by Gasteiger charge is -2.35. The van der Waals surface area contributed by atoms with Crippen molar-refractivity contribution in [3.05, 3.63) is 0 Å². The second kappa shape index (κ2) is 18.6. The smallest absolute Gasteiger partial charge is 0.427 e. The Morgan fingerprint density at radius 2 is 0.897 bits per heavy atom. The van der Waals surface area contributed by atoms with E-state index >= 15 is 0 Å². The molecule has 0 spiro atoms. The van der Waals surface area contributed by atoms with Gasteiger partial charge in [-0.05, 0) is 52.0 Å². The Bertz CT molecular complexity index is 330. The first-order valence-corrected chi connectivity index (χ1v) is 11.3. The van der Waals surface area contributed by atoms with E-state index in [1.165, 1.54) is 45.8 Å². The van der Waals surface area contributed by atoms with Gasteiger partial charge in [-0.25, -0.2) is 0 Å². The Labute approximate surface area is 181 Å². The molecule has 3 fully saturated rings. The van der Waals surface area contributed by atoms with Crippen molar-refractivity contribution < 1.29 is 20.1 Å². The lowest BCUT2D eigenvalue weighted by atomic mass is 9.75. The predicted octanol–water partition coefficient (Wildman–Crippen LogP) is 1.05. The number of rotatable bonds is 4. The van der Waals surface area contributed by atoms with Crippen LogP contribution in [-0.2, 0) is 0 Å². The summed E-state index contributed by atoms with van der Waals surface area (Å²) in [6.45, 7) is 17.1. The van der Waals surface area contributed by atoms with Gasteiger partial charge in [0.2, 0.25) is 0 Å². The molecule has 0 amide bonds. The minimum Gasteiger partial charge on any atom is -0.427 e. The Hall–Kier alpha value is -0.150. The average molecular weight is 417 g/mol. The molecule has 3 aliphatic rings. The molecule has 0 bridgehead atoms. The van der Waals surface area contributed by atoms with E-state index < -0.39 is 14.2 Å². The van der Waals surface area contributed by atoms with E-state index in [2.05, 4.69) is 42.6 Å². The molecule has 0 aromatic heterocycles. The molecule has 0 atom stereocenters. The molecular formula is C20H49B2N3O4. The Morgan fingerprint density at radius 1 is 0.655 bits per heavy atom. The van der Waals surface area contributed by atoms with E-state index in [0.29, 0.717) is 12.2 Å². The topological polar surface area (TPSA) is 90.6 Å². The largest absolute Gasteiger partial charge is 0.451 e. The summed E-state index contributed by atoms with van der Waals surface area (Å²) in [7, 11) is 4.10. The van der Waals surface area contributed by atoms with Crippen LogP contribution in [0.25, 0.3) is 0 Å². The zero-order valence-corrected chi connectivity index (χ0v) is 20.4. The van der Waals surface area contributed by atoms with Crippen molar-refractivity contribution in [1.29, 1.82) is 0 Å². The maximum Gasteiger partial charge on any atom is 0.451 e. The second-order valence-electron chi connectivity index (χ2n) is 8.43. The second-order valence-corrected chi connectivity index (χ2v) is 8.43. The van der Waals surface area contributed by atoms with Gasteiger partial charge in [0, 0.05) is 39.3 Å². The summed E-state index contributed by atoms with van der Waals surface area (Å²) in [4.78, 5) is 6.87. The zero-order valence-electron chi connectivity index (χ0n) is 20.4. The average Bonchev–Trinajstić information content (AvgIpc) is 2.57. The summed E-state index contributed by atoms with van der Waals surface area (Å²) >= 11 is 0. The molecule has 174 valence electrons. The molecule has 3 aliphatic heterocycles. The highest BCUT2D eigenvalue weighted by atomic mass is 16.4. The Kier molecular flexibility index (Phi) is 19.9. The van der Waals surface area contributed by atoms with Crippen LogP contribution in [0.3, 0.4) is 0 Å². The Morgan fingerprint density at radius 3 is 1.03 bits per heavy atom. The van der Waals surface area contributed by atoms with E-state index in [9.17, 15) is 0 Å². The van der Waals surface area contributed by atoms with Crippen molar-refractivity contribution in [2.75, 3.05) is 60.4 Å². The van der Waals surface area contributed by atoms with E-state index in [1.807, 2.05) is 20.9 Å². The molecular weight excluding hydrogens is 368 g/mol. The van der Waals surface area contributed by atoms with Crippen molar-refractivity contribution in [3.63, 3.8) is 0 Å². The lowest BCUT2D eigenvalue weighted by Crippen LogP contribution is -2.45. The fraction of sp³-hybridized carbons (Fsp3) is 1.00. The van der Waals surface area contributed by atoms with Gasteiger partial charge in [0.25, 0.3) is 0 Å². The molecule has 0 aromatic rings. The van der Waals surface area contributed by atoms with Crippen molar-refractivity contribution in [2.45, 2.75) is 53.7 Å². The van der Waals surface area contributed by atoms with Crippen LogP contribution in [0.2, 0.25) is 13.1 Å². The van der Waals surface area contributed by atoms with Gasteiger partial charge < -0.3 is 34.8 Å². The molecule has 0 aliphatic carbocycles. The zero-order chi connectivity index (χ0) is 23.0. The fourth-order valence-electron chi connectivity index (χ4n) is 3.45. The van der Waals surface area contributed by atoms with Crippen LogP contribution in [0, 0.1) is 17.8 Å². The summed E-state index contributed by atoms with van der Waals surface area (Å²) in [5, 5.41) is 32.2. The standard InChI is InChI=1S/2C6H13N.C5H12BNO2.C2H6.CH5BO2/c2*1-3-6-4-7(2)5-6;1-7-3-5(4-7)2-6(8)9;1-2;1-2(3)4/h2*6H,3-5H2,1-2H3;5,8-9H,2-4H2,1H3;1-2H3;3-4H,1H3. The summed E-state index contributed by atoms with van der Waals surface area (Å²) < 4.78 is 0. The molecule has 3 rings (SSSR count). The SMILES string of the molecule is CB(O)O.CC.CCC1CN(C)C1.CCC1CN(C)C1.CN1CC(CB(O)O)C1. The summed E-state index contributed by atoms with van der Waals surface area (Å²) in [5.74, 6) is 2.55. The Balaban J connectivity index is 0. The first-order valence-electron chi connectivity index (χ1n) is 11.3. The molecule has 0 radical (unpaired) electrons. The molecule has 3 saturated heterocycles. The minimum atomic E-state index is -1.17. The molecule has 4 N–H and O–H groups in total. The maximum atomic E-state index is 8.51. The number of likely N-dealkylation sites (tertiary alicyclic amines) is 3. The quantitative estimate of drug-likeness (QED) is 0.509. The third-order valence-electron chi connectivity index (χ3n) is 5.12. The van der Waals surface area contributed by atoms with E-state index in [0.717, 1.165) is 24.9 Å². The van der Waals surface area contributed by atoms with Gasteiger partial charge in [-0.1, -0.05) is 40.5 Å². The van der Waals surface area contributed by atoms with Gasteiger partial charge in [0.05, 0.1) is 0 Å². The molecule has 0 aromatic carbocycles. The van der Waals surface area contributed by atoms with Crippen LogP contribution in [0.4, 0.5) is 0 Å². The van der Waals surface area contributed by atoms with Crippen molar-refractivity contribution in [1.82, 2.24) is 14.7 Å². The number of hydrogen-bond donors (Lipinski definition) is 4. The molecule has 9 heteroatoms.